The third-order valence-corrected chi connectivity index (χ3v) is 4.73. The number of benzene rings is 2. The van der Waals surface area contributed by atoms with Crippen molar-refractivity contribution in [1.29, 1.82) is 0 Å². The van der Waals surface area contributed by atoms with E-state index in [1.807, 2.05) is 45.7 Å². The highest BCUT2D eigenvalue weighted by atomic mass is 19.4. The maximum Gasteiger partial charge on any atom is 0.416 e. The SMILES string of the molecule is CCN(C)C=Nc1cc(C(C)C)c(C(=O)OCc2cccc(C(F)(F)F)c2)cc1C. The Labute approximate surface area is 175 Å². The standard InChI is InChI=1S/C23H27F3N2O2/c1-6-28(5)14-27-21-12-19(15(2)3)20(10-16(21)4)22(29)30-13-17-8-7-9-18(11-17)23(24,25)26/h7-12,14-15H,6,13H2,1-5H3. The summed E-state index contributed by atoms with van der Waals surface area (Å²) in [6.45, 7) is 8.37. The summed E-state index contributed by atoms with van der Waals surface area (Å²) in [5.74, 6) is -0.528. The normalized spacial score (nSPS) is 11.9. The van der Waals surface area contributed by atoms with Crippen molar-refractivity contribution in [2.75, 3.05) is 13.6 Å². The fourth-order valence-corrected chi connectivity index (χ4v) is 2.81. The molecule has 0 unspecified atom stereocenters. The number of hydrogen-bond donors (Lipinski definition) is 0. The van der Waals surface area contributed by atoms with Crippen molar-refractivity contribution in [3.63, 3.8) is 0 Å². The van der Waals surface area contributed by atoms with Crippen molar-refractivity contribution in [2.45, 2.75) is 46.4 Å². The van der Waals surface area contributed by atoms with Crippen LogP contribution in [0.15, 0.2) is 41.4 Å². The van der Waals surface area contributed by atoms with Crippen molar-refractivity contribution in [3.8, 4) is 0 Å². The number of esters is 1. The summed E-state index contributed by atoms with van der Waals surface area (Å²) in [6.07, 6.45) is -2.71. The smallest absolute Gasteiger partial charge is 0.416 e. The lowest BCUT2D eigenvalue weighted by molar-refractivity contribution is -0.137. The van der Waals surface area contributed by atoms with E-state index in [-0.39, 0.29) is 18.1 Å². The van der Waals surface area contributed by atoms with E-state index in [1.54, 1.807) is 12.4 Å². The molecule has 30 heavy (non-hydrogen) atoms. The first-order chi connectivity index (χ1) is 14.0. The van der Waals surface area contributed by atoms with E-state index in [0.717, 1.165) is 35.5 Å². The average Bonchev–Trinajstić information content (AvgIpc) is 2.69. The Morgan fingerprint density at radius 3 is 2.53 bits per heavy atom. The molecule has 0 fully saturated rings. The first-order valence-corrected chi connectivity index (χ1v) is 9.75. The highest BCUT2D eigenvalue weighted by molar-refractivity contribution is 5.92. The van der Waals surface area contributed by atoms with Gasteiger partial charge in [0.15, 0.2) is 0 Å². The highest BCUT2D eigenvalue weighted by Crippen LogP contribution is 2.31. The van der Waals surface area contributed by atoms with Crippen LogP contribution < -0.4 is 0 Å². The molecule has 7 heteroatoms. The van der Waals surface area contributed by atoms with E-state index in [4.69, 9.17) is 4.74 Å². The second-order valence-corrected chi connectivity index (χ2v) is 7.47. The summed E-state index contributed by atoms with van der Waals surface area (Å²) in [4.78, 5) is 19.1. The van der Waals surface area contributed by atoms with E-state index < -0.39 is 17.7 Å². The predicted octanol–water partition coefficient (Wildman–Crippen LogP) is 6.11. The van der Waals surface area contributed by atoms with E-state index in [9.17, 15) is 18.0 Å². The van der Waals surface area contributed by atoms with Gasteiger partial charge in [0.1, 0.15) is 6.61 Å². The van der Waals surface area contributed by atoms with Gasteiger partial charge in [0.25, 0.3) is 0 Å². The number of nitrogens with zero attached hydrogens (tertiary/aromatic N) is 2. The summed E-state index contributed by atoms with van der Waals surface area (Å²) < 4.78 is 43.9. The van der Waals surface area contributed by atoms with Gasteiger partial charge in [-0.25, -0.2) is 9.79 Å². The van der Waals surface area contributed by atoms with Crippen LogP contribution in [0, 0.1) is 6.92 Å². The number of halogens is 3. The number of hydrogen-bond acceptors (Lipinski definition) is 3. The van der Waals surface area contributed by atoms with Crippen LogP contribution in [0.2, 0.25) is 0 Å². The van der Waals surface area contributed by atoms with Gasteiger partial charge in [-0.2, -0.15) is 13.2 Å². The van der Waals surface area contributed by atoms with E-state index in [0.29, 0.717) is 5.56 Å². The molecule has 0 aliphatic carbocycles. The minimum Gasteiger partial charge on any atom is -0.457 e. The van der Waals surface area contributed by atoms with Crippen LogP contribution in [-0.2, 0) is 17.5 Å². The van der Waals surface area contributed by atoms with Gasteiger partial charge in [-0.05, 0) is 60.7 Å². The molecule has 0 aliphatic heterocycles. The summed E-state index contributed by atoms with van der Waals surface area (Å²) in [5.41, 5.74) is 2.26. The number of aliphatic imine (C=N–C) groups is 1. The van der Waals surface area contributed by atoms with Crippen LogP contribution in [0.5, 0.6) is 0 Å². The van der Waals surface area contributed by atoms with Gasteiger partial charge in [0.2, 0.25) is 0 Å². The second-order valence-electron chi connectivity index (χ2n) is 7.47. The molecule has 0 bridgehead atoms. The molecule has 4 nitrogen and oxygen atoms in total. The quantitative estimate of drug-likeness (QED) is 0.308. The van der Waals surface area contributed by atoms with Gasteiger partial charge < -0.3 is 9.64 Å². The number of rotatable bonds is 7. The monoisotopic (exact) mass is 420 g/mol. The van der Waals surface area contributed by atoms with Crippen molar-refractivity contribution in [2.24, 2.45) is 4.99 Å². The Hall–Kier alpha value is -2.83. The topological polar surface area (TPSA) is 41.9 Å². The Balaban J connectivity index is 2.25. The molecule has 0 aliphatic rings. The molecule has 0 atom stereocenters. The lowest BCUT2D eigenvalue weighted by Gasteiger charge is -2.16. The summed E-state index contributed by atoms with van der Waals surface area (Å²) in [5, 5.41) is 0. The Morgan fingerprint density at radius 1 is 1.23 bits per heavy atom. The minimum absolute atomic E-state index is 0.0413. The van der Waals surface area contributed by atoms with E-state index in [1.165, 1.54) is 12.1 Å². The zero-order chi connectivity index (χ0) is 22.5. The van der Waals surface area contributed by atoms with E-state index in [2.05, 4.69) is 4.99 Å². The van der Waals surface area contributed by atoms with Gasteiger partial charge in [-0.3, -0.25) is 0 Å². The van der Waals surface area contributed by atoms with Crippen LogP contribution in [0.4, 0.5) is 18.9 Å². The number of carbonyl (C=O) groups is 1. The third kappa shape index (κ3) is 6.08. The fourth-order valence-electron chi connectivity index (χ4n) is 2.81. The highest BCUT2D eigenvalue weighted by Gasteiger charge is 2.30. The van der Waals surface area contributed by atoms with Gasteiger partial charge >= 0.3 is 12.1 Å². The maximum atomic E-state index is 12.9. The van der Waals surface area contributed by atoms with Crippen molar-refractivity contribution in [3.05, 3.63) is 64.2 Å². The molecule has 0 saturated carbocycles. The van der Waals surface area contributed by atoms with Crippen LogP contribution in [0.3, 0.4) is 0 Å². The predicted molar refractivity (Wildman–Crippen MR) is 112 cm³/mol. The van der Waals surface area contributed by atoms with E-state index >= 15 is 0 Å². The Morgan fingerprint density at radius 2 is 1.93 bits per heavy atom. The number of aryl methyl sites for hydroxylation is 1. The molecule has 0 saturated heterocycles. The molecule has 0 heterocycles. The molecular formula is C23H27F3N2O2. The molecule has 0 radical (unpaired) electrons. The first-order valence-electron chi connectivity index (χ1n) is 9.75. The van der Waals surface area contributed by atoms with Gasteiger partial charge in [-0.15, -0.1) is 0 Å². The molecule has 0 N–H and O–H groups in total. The molecule has 0 amide bonds. The van der Waals surface area contributed by atoms with Crippen LogP contribution in [0.25, 0.3) is 0 Å². The lowest BCUT2D eigenvalue weighted by atomic mass is 9.94. The zero-order valence-corrected chi connectivity index (χ0v) is 17.9. The molecule has 0 spiro atoms. The fraction of sp³-hybridized carbons (Fsp3) is 0.391. The van der Waals surface area contributed by atoms with Gasteiger partial charge in [0.05, 0.1) is 23.2 Å². The Bertz CT molecular complexity index is 921. The minimum atomic E-state index is -4.44. The molecule has 2 rings (SSSR count). The average molecular weight is 420 g/mol. The Kier molecular flexibility index (Phi) is 7.65. The largest absolute Gasteiger partial charge is 0.457 e. The van der Waals surface area contributed by atoms with Crippen LogP contribution in [0.1, 0.15) is 59.3 Å². The van der Waals surface area contributed by atoms with Gasteiger partial charge in [-0.1, -0.05) is 26.0 Å². The summed E-state index contributed by atoms with van der Waals surface area (Å²) in [6, 6.07) is 8.36. The number of alkyl halides is 3. The molecular weight excluding hydrogens is 393 g/mol. The number of carbonyl (C=O) groups excluding carboxylic acids is 1. The molecule has 0 aromatic heterocycles. The lowest BCUT2D eigenvalue weighted by Crippen LogP contribution is -2.14. The third-order valence-electron chi connectivity index (χ3n) is 4.73. The maximum absolute atomic E-state index is 12.9. The zero-order valence-electron chi connectivity index (χ0n) is 17.9. The summed E-state index contributed by atoms with van der Waals surface area (Å²) >= 11 is 0. The molecule has 2 aromatic rings. The second kappa shape index (κ2) is 9.78. The van der Waals surface area contributed by atoms with Crippen molar-refractivity contribution in [1.82, 2.24) is 4.90 Å². The van der Waals surface area contributed by atoms with Gasteiger partial charge in [0, 0.05) is 13.6 Å². The summed E-state index contributed by atoms with van der Waals surface area (Å²) in [7, 11) is 1.92. The van der Waals surface area contributed by atoms with Crippen LogP contribution in [-0.4, -0.2) is 30.8 Å². The number of ether oxygens (including phenoxy) is 1. The molecule has 2 aromatic carbocycles. The van der Waals surface area contributed by atoms with Crippen molar-refractivity contribution >= 4 is 18.0 Å². The van der Waals surface area contributed by atoms with Crippen molar-refractivity contribution < 1.29 is 22.7 Å². The molecule has 162 valence electrons. The van der Waals surface area contributed by atoms with Crippen LogP contribution >= 0.6 is 0 Å². The first kappa shape index (κ1) is 23.4.